The van der Waals surface area contributed by atoms with Crippen LogP contribution < -0.4 is 5.73 Å². The molecule has 14 heavy (non-hydrogen) atoms. The van der Waals surface area contributed by atoms with Crippen LogP contribution in [0.3, 0.4) is 0 Å². The first-order valence-electron chi connectivity index (χ1n) is 5.80. The molecule has 1 rings (SSSR count). The first kappa shape index (κ1) is 11.7. The second-order valence-corrected chi connectivity index (χ2v) is 4.60. The third kappa shape index (κ3) is 4.25. The molecule has 82 valence electrons. The van der Waals surface area contributed by atoms with Crippen molar-refractivity contribution in [2.75, 3.05) is 26.2 Å². The van der Waals surface area contributed by atoms with Crippen LogP contribution in [0.15, 0.2) is 11.6 Å². The third-order valence-electron chi connectivity index (χ3n) is 2.98. The van der Waals surface area contributed by atoms with Gasteiger partial charge in [-0.1, -0.05) is 18.6 Å². The summed E-state index contributed by atoms with van der Waals surface area (Å²) in [5, 5.41) is 0. The van der Waals surface area contributed by atoms with Crippen LogP contribution in [0, 0.1) is 5.92 Å². The molecule has 2 N–H and O–H groups in total. The Labute approximate surface area is 88.2 Å². The molecule has 0 fully saturated rings. The first-order valence-corrected chi connectivity index (χ1v) is 5.80. The Kier molecular flexibility index (Phi) is 5.20. The number of hydrogen-bond acceptors (Lipinski definition) is 2. The lowest BCUT2D eigenvalue weighted by Crippen LogP contribution is -2.30. The zero-order valence-corrected chi connectivity index (χ0v) is 9.63. The van der Waals surface area contributed by atoms with E-state index in [0.717, 1.165) is 6.54 Å². The molecule has 1 aliphatic rings. The summed E-state index contributed by atoms with van der Waals surface area (Å²) < 4.78 is 0. The van der Waals surface area contributed by atoms with Gasteiger partial charge in [-0.25, -0.2) is 0 Å². The van der Waals surface area contributed by atoms with Crippen molar-refractivity contribution < 1.29 is 0 Å². The molecule has 0 spiro atoms. The average Bonchev–Trinajstić information content (AvgIpc) is 2.17. The van der Waals surface area contributed by atoms with E-state index in [2.05, 4.69) is 24.8 Å². The highest BCUT2D eigenvalue weighted by molar-refractivity contribution is 5.04. The Morgan fingerprint density at radius 2 is 2.36 bits per heavy atom. The van der Waals surface area contributed by atoms with Crippen molar-refractivity contribution in [2.24, 2.45) is 11.7 Å². The Morgan fingerprint density at radius 1 is 1.57 bits per heavy atom. The van der Waals surface area contributed by atoms with Crippen molar-refractivity contribution in [2.45, 2.75) is 33.1 Å². The molecular weight excluding hydrogens is 172 g/mol. The van der Waals surface area contributed by atoms with E-state index in [-0.39, 0.29) is 0 Å². The summed E-state index contributed by atoms with van der Waals surface area (Å²) in [5.41, 5.74) is 7.12. The molecular formula is C12H24N2. The van der Waals surface area contributed by atoms with Gasteiger partial charge in [-0.2, -0.15) is 0 Å². The van der Waals surface area contributed by atoms with Crippen LogP contribution in [0.2, 0.25) is 0 Å². The van der Waals surface area contributed by atoms with Crippen molar-refractivity contribution in [1.29, 1.82) is 0 Å². The molecule has 0 saturated carbocycles. The van der Waals surface area contributed by atoms with Gasteiger partial charge in [-0.15, -0.1) is 0 Å². The van der Waals surface area contributed by atoms with E-state index in [9.17, 15) is 0 Å². The van der Waals surface area contributed by atoms with Gasteiger partial charge in [0.25, 0.3) is 0 Å². The van der Waals surface area contributed by atoms with Crippen molar-refractivity contribution in [3.8, 4) is 0 Å². The summed E-state index contributed by atoms with van der Waals surface area (Å²) in [6.45, 7) is 8.97. The summed E-state index contributed by atoms with van der Waals surface area (Å²) in [6, 6.07) is 0. The topological polar surface area (TPSA) is 29.3 Å². The fraction of sp³-hybridized carbons (Fsp3) is 0.833. The third-order valence-corrected chi connectivity index (χ3v) is 2.98. The molecule has 0 radical (unpaired) electrons. The molecule has 2 heteroatoms. The molecule has 1 aliphatic heterocycles. The highest BCUT2D eigenvalue weighted by Crippen LogP contribution is 2.11. The average molecular weight is 196 g/mol. The lowest BCUT2D eigenvalue weighted by Gasteiger charge is -2.26. The summed E-state index contributed by atoms with van der Waals surface area (Å²) in [4.78, 5) is 2.55. The number of hydrogen-bond donors (Lipinski definition) is 1. The highest BCUT2D eigenvalue weighted by atomic mass is 15.1. The van der Waals surface area contributed by atoms with Crippen molar-refractivity contribution >= 4 is 0 Å². The second-order valence-electron chi connectivity index (χ2n) is 4.60. The van der Waals surface area contributed by atoms with Crippen LogP contribution in [0.5, 0.6) is 0 Å². The normalized spacial score (nSPS) is 20.6. The zero-order valence-electron chi connectivity index (χ0n) is 9.63. The van der Waals surface area contributed by atoms with Crippen LogP contribution in [-0.2, 0) is 0 Å². The molecule has 0 saturated heterocycles. The maximum atomic E-state index is 5.59. The van der Waals surface area contributed by atoms with Crippen molar-refractivity contribution in [1.82, 2.24) is 4.90 Å². The number of rotatable bonds is 5. The summed E-state index contributed by atoms with van der Waals surface area (Å²) in [7, 11) is 0. The zero-order chi connectivity index (χ0) is 10.4. The van der Waals surface area contributed by atoms with Crippen molar-refractivity contribution in [3.05, 3.63) is 11.6 Å². The SMILES string of the molecule is CC1=CCCN(CCCC(C)CN)C1. The molecule has 0 aromatic rings. The fourth-order valence-electron chi connectivity index (χ4n) is 1.96. The van der Waals surface area contributed by atoms with Gasteiger partial charge in [0, 0.05) is 13.1 Å². The minimum absolute atomic E-state index is 0.691. The molecule has 0 aromatic carbocycles. The smallest absolute Gasteiger partial charge is 0.0190 e. The lowest BCUT2D eigenvalue weighted by atomic mass is 10.1. The predicted molar refractivity (Wildman–Crippen MR) is 62.3 cm³/mol. The highest BCUT2D eigenvalue weighted by Gasteiger charge is 2.09. The number of nitrogens with two attached hydrogens (primary N) is 1. The Bertz CT molecular complexity index is 187. The van der Waals surface area contributed by atoms with Gasteiger partial charge in [-0.3, -0.25) is 4.90 Å². The van der Waals surface area contributed by atoms with Gasteiger partial charge in [0.1, 0.15) is 0 Å². The Morgan fingerprint density at radius 3 is 3.00 bits per heavy atom. The van der Waals surface area contributed by atoms with Crippen LogP contribution >= 0.6 is 0 Å². The van der Waals surface area contributed by atoms with Gasteiger partial charge in [0.15, 0.2) is 0 Å². The molecule has 0 bridgehead atoms. The van der Waals surface area contributed by atoms with Crippen LogP contribution in [-0.4, -0.2) is 31.1 Å². The molecule has 1 unspecified atom stereocenters. The van der Waals surface area contributed by atoms with E-state index in [1.54, 1.807) is 0 Å². The molecule has 0 aliphatic carbocycles. The Balaban J connectivity index is 2.10. The van der Waals surface area contributed by atoms with Crippen molar-refractivity contribution in [3.63, 3.8) is 0 Å². The van der Waals surface area contributed by atoms with Crippen LogP contribution in [0.4, 0.5) is 0 Å². The van der Waals surface area contributed by atoms with Gasteiger partial charge >= 0.3 is 0 Å². The Hall–Kier alpha value is -0.340. The summed E-state index contributed by atoms with van der Waals surface area (Å²) in [6.07, 6.45) is 6.17. The van der Waals surface area contributed by atoms with Gasteiger partial charge in [-0.05, 0) is 45.2 Å². The molecule has 0 aromatic heterocycles. The van der Waals surface area contributed by atoms with Gasteiger partial charge < -0.3 is 5.73 Å². The molecule has 1 atom stereocenters. The molecule has 0 amide bonds. The lowest BCUT2D eigenvalue weighted by molar-refractivity contribution is 0.277. The van der Waals surface area contributed by atoms with E-state index < -0.39 is 0 Å². The van der Waals surface area contributed by atoms with Crippen LogP contribution in [0.1, 0.15) is 33.1 Å². The van der Waals surface area contributed by atoms with Crippen LogP contribution in [0.25, 0.3) is 0 Å². The van der Waals surface area contributed by atoms with Gasteiger partial charge in [0.05, 0.1) is 0 Å². The summed E-state index contributed by atoms with van der Waals surface area (Å²) >= 11 is 0. The monoisotopic (exact) mass is 196 g/mol. The second kappa shape index (κ2) is 6.20. The maximum Gasteiger partial charge on any atom is 0.0190 e. The van der Waals surface area contributed by atoms with E-state index >= 15 is 0 Å². The minimum Gasteiger partial charge on any atom is -0.330 e. The van der Waals surface area contributed by atoms with E-state index in [0.29, 0.717) is 5.92 Å². The quantitative estimate of drug-likeness (QED) is 0.682. The fourth-order valence-corrected chi connectivity index (χ4v) is 1.96. The first-order chi connectivity index (χ1) is 6.72. The standard InChI is InChI=1S/C12H24N2/c1-11(9-13)5-3-7-14-8-4-6-12(2)10-14/h6,11H,3-5,7-10,13H2,1-2H3. The number of nitrogens with zero attached hydrogens (tertiary/aromatic N) is 1. The van der Waals surface area contributed by atoms with E-state index in [4.69, 9.17) is 5.73 Å². The maximum absolute atomic E-state index is 5.59. The largest absolute Gasteiger partial charge is 0.330 e. The van der Waals surface area contributed by atoms with Gasteiger partial charge in [0.2, 0.25) is 0 Å². The predicted octanol–water partition coefficient (Wildman–Crippen LogP) is 2.01. The molecule has 2 nitrogen and oxygen atoms in total. The summed E-state index contributed by atoms with van der Waals surface area (Å²) in [5.74, 6) is 0.691. The van der Waals surface area contributed by atoms with E-state index in [1.165, 1.54) is 44.5 Å². The molecule has 1 heterocycles. The minimum atomic E-state index is 0.691. The van der Waals surface area contributed by atoms with E-state index in [1.807, 2.05) is 0 Å².